The molecule has 5 nitrogen and oxygen atoms in total. The SMILES string of the molecule is CCCNc1cnc(C(C)C)nc1C(=O)NCC1CC1C. The second-order valence-electron chi connectivity index (χ2n) is 6.26. The zero-order valence-electron chi connectivity index (χ0n) is 13.4. The average molecular weight is 290 g/mol. The number of rotatable bonds is 7. The summed E-state index contributed by atoms with van der Waals surface area (Å²) in [6, 6.07) is 0. The fraction of sp³-hybridized carbons (Fsp3) is 0.688. The Bertz CT molecular complexity index is 501. The first-order chi connectivity index (χ1) is 10.0. The van der Waals surface area contributed by atoms with Crippen LogP contribution in [-0.4, -0.2) is 29.0 Å². The molecule has 0 aromatic carbocycles. The van der Waals surface area contributed by atoms with Crippen LogP contribution in [0.5, 0.6) is 0 Å². The average Bonchev–Trinajstić information content (AvgIpc) is 3.18. The van der Waals surface area contributed by atoms with Crippen molar-refractivity contribution < 1.29 is 4.79 Å². The first-order valence-electron chi connectivity index (χ1n) is 7.91. The highest BCUT2D eigenvalue weighted by Crippen LogP contribution is 2.36. The normalized spacial score (nSPS) is 20.4. The number of aromatic nitrogens is 2. The van der Waals surface area contributed by atoms with Crippen molar-refractivity contribution in [1.82, 2.24) is 15.3 Å². The molecule has 0 radical (unpaired) electrons. The van der Waals surface area contributed by atoms with Gasteiger partial charge in [-0.3, -0.25) is 4.79 Å². The van der Waals surface area contributed by atoms with E-state index in [9.17, 15) is 4.79 Å². The molecular formula is C16H26N4O. The van der Waals surface area contributed by atoms with E-state index in [0.29, 0.717) is 17.4 Å². The van der Waals surface area contributed by atoms with Gasteiger partial charge in [-0.2, -0.15) is 0 Å². The molecule has 2 atom stereocenters. The van der Waals surface area contributed by atoms with Gasteiger partial charge in [-0.25, -0.2) is 9.97 Å². The van der Waals surface area contributed by atoms with Crippen molar-refractivity contribution in [2.75, 3.05) is 18.4 Å². The van der Waals surface area contributed by atoms with Gasteiger partial charge >= 0.3 is 0 Å². The molecule has 116 valence electrons. The number of nitrogens with zero attached hydrogens (tertiary/aromatic N) is 2. The minimum Gasteiger partial charge on any atom is -0.382 e. The molecule has 0 bridgehead atoms. The summed E-state index contributed by atoms with van der Waals surface area (Å²) in [5.41, 5.74) is 1.19. The van der Waals surface area contributed by atoms with Gasteiger partial charge in [0, 0.05) is 19.0 Å². The molecule has 1 amide bonds. The van der Waals surface area contributed by atoms with Crippen LogP contribution in [0.4, 0.5) is 5.69 Å². The van der Waals surface area contributed by atoms with Crippen LogP contribution in [0.25, 0.3) is 0 Å². The van der Waals surface area contributed by atoms with Crippen LogP contribution in [0.2, 0.25) is 0 Å². The summed E-state index contributed by atoms with van der Waals surface area (Å²) in [4.78, 5) is 21.2. The standard InChI is InChI=1S/C16H26N4O/c1-5-6-17-13-9-18-15(10(2)3)20-14(13)16(21)19-8-12-7-11(12)4/h9-12,17H,5-8H2,1-4H3,(H,19,21). The van der Waals surface area contributed by atoms with E-state index in [0.717, 1.165) is 31.1 Å². The predicted molar refractivity (Wildman–Crippen MR) is 84.5 cm³/mol. The van der Waals surface area contributed by atoms with E-state index < -0.39 is 0 Å². The first kappa shape index (κ1) is 15.7. The molecule has 1 saturated carbocycles. The molecule has 21 heavy (non-hydrogen) atoms. The molecular weight excluding hydrogens is 264 g/mol. The topological polar surface area (TPSA) is 66.9 Å². The van der Waals surface area contributed by atoms with Crippen molar-refractivity contribution in [1.29, 1.82) is 0 Å². The summed E-state index contributed by atoms with van der Waals surface area (Å²) < 4.78 is 0. The smallest absolute Gasteiger partial charge is 0.272 e. The molecule has 0 aliphatic heterocycles. The lowest BCUT2D eigenvalue weighted by Gasteiger charge is -2.13. The lowest BCUT2D eigenvalue weighted by atomic mass is 10.2. The number of carbonyl (C=O) groups is 1. The Kier molecular flexibility index (Phi) is 5.15. The molecule has 1 fully saturated rings. The summed E-state index contributed by atoms with van der Waals surface area (Å²) >= 11 is 0. The summed E-state index contributed by atoms with van der Waals surface area (Å²) in [6.07, 6.45) is 3.93. The van der Waals surface area contributed by atoms with Gasteiger partial charge in [-0.15, -0.1) is 0 Å². The van der Waals surface area contributed by atoms with Crippen LogP contribution in [0.1, 0.15) is 62.8 Å². The zero-order valence-corrected chi connectivity index (χ0v) is 13.4. The van der Waals surface area contributed by atoms with Gasteiger partial charge in [-0.1, -0.05) is 27.7 Å². The molecule has 1 aliphatic carbocycles. The predicted octanol–water partition coefficient (Wildman–Crippen LogP) is 2.81. The van der Waals surface area contributed by atoms with E-state index in [-0.39, 0.29) is 11.8 Å². The van der Waals surface area contributed by atoms with Gasteiger partial charge in [-0.05, 0) is 24.7 Å². The van der Waals surface area contributed by atoms with Crippen LogP contribution in [-0.2, 0) is 0 Å². The van der Waals surface area contributed by atoms with Crippen LogP contribution in [0.15, 0.2) is 6.20 Å². The van der Waals surface area contributed by atoms with Crippen LogP contribution >= 0.6 is 0 Å². The van der Waals surface area contributed by atoms with Crippen molar-refractivity contribution in [3.8, 4) is 0 Å². The van der Waals surface area contributed by atoms with E-state index in [4.69, 9.17) is 0 Å². The maximum atomic E-state index is 12.4. The Morgan fingerprint density at radius 1 is 1.48 bits per heavy atom. The van der Waals surface area contributed by atoms with Crippen molar-refractivity contribution in [3.63, 3.8) is 0 Å². The van der Waals surface area contributed by atoms with Gasteiger partial charge in [0.15, 0.2) is 5.69 Å². The number of hydrogen-bond donors (Lipinski definition) is 2. The fourth-order valence-electron chi connectivity index (χ4n) is 2.23. The number of anilines is 1. The second-order valence-corrected chi connectivity index (χ2v) is 6.26. The maximum absolute atomic E-state index is 12.4. The fourth-order valence-corrected chi connectivity index (χ4v) is 2.23. The van der Waals surface area contributed by atoms with Gasteiger partial charge in [0.05, 0.1) is 11.9 Å². The Morgan fingerprint density at radius 3 is 2.76 bits per heavy atom. The summed E-state index contributed by atoms with van der Waals surface area (Å²) in [6.45, 7) is 9.92. The molecule has 2 N–H and O–H groups in total. The van der Waals surface area contributed by atoms with Crippen LogP contribution in [0, 0.1) is 11.8 Å². The van der Waals surface area contributed by atoms with Gasteiger partial charge in [0.25, 0.3) is 5.91 Å². The summed E-state index contributed by atoms with van der Waals surface area (Å²) in [7, 11) is 0. The second kappa shape index (κ2) is 6.87. The van der Waals surface area contributed by atoms with Gasteiger partial charge in [0.1, 0.15) is 5.82 Å². The third-order valence-corrected chi connectivity index (χ3v) is 3.91. The number of amides is 1. The Labute approximate surface area is 127 Å². The molecule has 2 unspecified atom stereocenters. The van der Waals surface area contributed by atoms with E-state index in [1.54, 1.807) is 6.20 Å². The lowest BCUT2D eigenvalue weighted by Crippen LogP contribution is -2.28. The Balaban J connectivity index is 2.11. The number of hydrogen-bond acceptors (Lipinski definition) is 4. The van der Waals surface area contributed by atoms with Crippen LogP contribution < -0.4 is 10.6 Å². The quantitative estimate of drug-likeness (QED) is 0.810. The third-order valence-electron chi connectivity index (χ3n) is 3.91. The number of carbonyl (C=O) groups excluding carboxylic acids is 1. The lowest BCUT2D eigenvalue weighted by molar-refractivity contribution is 0.0946. The highest BCUT2D eigenvalue weighted by molar-refractivity contribution is 5.97. The molecule has 0 spiro atoms. The Morgan fingerprint density at radius 2 is 2.19 bits per heavy atom. The third kappa shape index (κ3) is 4.16. The highest BCUT2D eigenvalue weighted by Gasteiger charge is 2.32. The van der Waals surface area contributed by atoms with E-state index in [1.807, 2.05) is 13.8 Å². The minimum atomic E-state index is -0.1000. The Hall–Kier alpha value is -1.65. The molecule has 1 aromatic heterocycles. The summed E-state index contributed by atoms with van der Waals surface area (Å²) in [5, 5.41) is 6.24. The van der Waals surface area contributed by atoms with Crippen molar-refractivity contribution in [2.24, 2.45) is 11.8 Å². The molecule has 0 saturated heterocycles. The van der Waals surface area contributed by atoms with Crippen molar-refractivity contribution >= 4 is 11.6 Å². The van der Waals surface area contributed by atoms with E-state index in [2.05, 4.69) is 34.4 Å². The molecule has 1 heterocycles. The zero-order chi connectivity index (χ0) is 15.4. The summed E-state index contributed by atoms with van der Waals surface area (Å²) in [5.74, 6) is 2.19. The monoisotopic (exact) mass is 290 g/mol. The van der Waals surface area contributed by atoms with Gasteiger partial charge in [0.2, 0.25) is 0 Å². The maximum Gasteiger partial charge on any atom is 0.272 e. The highest BCUT2D eigenvalue weighted by atomic mass is 16.1. The van der Waals surface area contributed by atoms with Crippen LogP contribution in [0.3, 0.4) is 0 Å². The van der Waals surface area contributed by atoms with Crippen molar-refractivity contribution in [2.45, 2.75) is 46.5 Å². The molecule has 5 heteroatoms. The molecule has 1 aliphatic rings. The largest absolute Gasteiger partial charge is 0.382 e. The van der Waals surface area contributed by atoms with Gasteiger partial charge < -0.3 is 10.6 Å². The molecule has 2 rings (SSSR count). The van der Waals surface area contributed by atoms with Crippen molar-refractivity contribution in [3.05, 3.63) is 17.7 Å². The minimum absolute atomic E-state index is 0.1000. The van der Waals surface area contributed by atoms with E-state index >= 15 is 0 Å². The number of nitrogens with one attached hydrogen (secondary N) is 2. The molecule has 1 aromatic rings. The first-order valence-corrected chi connectivity index (χ1v) is 7.91. The van der Waals surface area contributed by atoms with E-state index in [1.165, 1.54) is 6.42 Å².